The molecule has 0 fully saturated rings. The van der Waals surface area contributed by atoms with E-state index in [-0.39, 0.29) is 5.91 Å². The molecule has 0 aliphatic rings. The predicted octanol–water partition coefficient (Wildman–Crippen LogP) is 2.79. The van der Waals surface area contributed by atoms with E-state index in [0.29, 0.717) is 5.56 Å². The van der Waals surface area contributed by atoms with Crippen LogP contribution in [-0.4, -0.2) is 15.5 Å². The Labute approximate surface area is 122 Å². The summed E-state index contributed by atoms with van der Waals surface area (Å²) in [6.45, 7) is 3.83. The molecule has 5 heteroatoms. The van der Waals surface area contributed by atoms with E-state index in [9.17, 15) is 4.79 Å². The number of nitrogens with two attached hydrogens (primary N) is 1. The molecule has 0 atom stereocenters. The van der Waals surface area contributed by atoms with E-state index in [0.717, 1.165) is 28.0 Å². The molecule has 0 radical (unpaired) electrons. The monoisotopic (exact) mass is 280 g/mol. The third-order valence-electron chi connectivity index (χ3n) is 3.53. The predicted molar refractivity (Wildman–Crippen MR) is 83.5 cm³/mol. The van der Waals surface area contributed by atoms with E-state index in [1.165, 1.54) is 0 Å². The van der Waals surface area contributed by atoms with Gasteiger partial charge in [0.2, 0.25) is 0 Å². The number of nitrogens with zero attached hydrogens (tertiary/aromatic N) is 2. The SMILES string of the molecule is Cc1cc(NC(=O)c2cnn3ccccc23)c(C)cc1N. The summed E-state index contributed by atoms with van der Waals surface area (Å²) in [4.78, 5) is 12.4. The van der Waals surface area contributed by atoms with Crippen molar-refractivity contribution in [2.75, 3.05) is 11.1 Å². The maximum absolute atomic E-state index is 12.4. The molecule has 2 heterocycles. The van der Waals surface area contributed by atoms with Gasteiger partial charge in [-0.3, -0.25) is 4.79 Å². The summed E-state index contributed by atoms with van der Waals surface area (Å²) in [6.07, 6.45) is 3.38. The van der Waals surface area contributed by atoms with E-state index in [1.54, 1.807) is 10.7 Å². The molecule has 1 amide bonds. The van der Waals surface area contributed by atoms with E-state index in [1.807, 2.05) is 50.4 Å². The van der Waals surface area contributed by atoms with Gasteiger partial charge in [-0.15, -0.1) is 0 Å². The number of rotatable bonds is 2. The molecule has 0 bridgehead atoms. The Balaban J connectivity index is 1.95. The van der Waals surface area contributed by atoms with Crippen LogP contribution >= 0.6 is 0 Å². The molecular formula is C16H16N4O. The molecular weight excluding hydrogens is 264 g/mol. The lowest BCUT2D eigenvalue weighted by molar-refractivity contribution is 0.102. The first-order valence-corrected chi connectivity index (χ1v) is 6.66. The smallest absolute Gasteiger partial charge is 0.259 e. The highest BCUT2D eigenvalue weighted by Gasteiger charge is 2.13. The quantitative estimate of drug-likeness (QED) is 0.709. The molecule has 5 nitrogen and oxygen atoms in total. The average Bonchev–Trinajstić information content (AvgIpc) is 2.88. The van der Waals surface area contributed by atoms with Crippen molar-refractivity contribution in [3.63, 3.8) is 0 Å². The number of aryl methyl sites for hydroxylation is 2. The van der Waals surface area contributed by atoms with Gasteiger partial charge in [0.25, 0.3) is 5.91 Å². The number of carbonyl (C=O) groups excluding carboxylic acids is 1. The molecule has 3 aromatic rings. The van der Waals surface area contributed by atoms with Gasteiger partial charge in [0, 0.05) is 17.6 Å². The van der Waals surface area contributed by atoms with Gasteiger partial charge < -0.3 is 11.1 Å². The van der Waals surface area contributed by atoms with Gasteiger partial charge in [0.1, 0.15) is 0 Å². The lowest BCUT2D eigenvalue weighted by Gasteiger charge is -2.10. The molecule has 21 heavy (non-hydrogen) atoms. The van der Waals surface area contributed by atoms with Crippen molar-refractivity contribution in [2.45, 2.75) is 13.8 Å². The molecule has 3 N–H and O–H groups in total. The van der Waals surface area contributed by atoms with E-state index >= 15 is 0 Å². The van der Waals surface area contributed by atoms with Crippen molar-refractivity contribution in [3.8, 4) is 0 Å². The minimum Gasteiger partial charge on any atom is -0.399 e. The summed E-state index contributed by atoms with van der Waals surface area (Å²) < 4.78 is 1.68. The number of fused-ring (bicyclic) bond motifs is 1. The topological polar surface area (TPSA) is 72.4 Å². The minimum absolute atomic E-state index is 0.177. The van der Waals surface area contributed by atoms with Gasteiger partial charge in [0.15, 0.2) is 0 Å². The van der Waals surface area contributed by atoms with Crippen molar-refractivity contribution >= 4 is 22.8 Å². The average molecular weight is 280 g/mol. The van der Waals surface area contributed by atoms with Crippen molar-refractivity contribution in [1.82, 2.24) is 9.61 Å². The van der Waals surface area contributed by atoms with Crippen LogP contribution in [0.3, 0.4) is 0 Å². The van der Waals surface area contributed by atoms with Gasteiger partial charge in [0.05, 0.1) is 17.3 Å². The highest BCUT2D eigenvalue weighted by Crippen LogP contribution is 2.23. The Morgan fingerprint density at radius 3 is 2.86 bits per heavy atom. The van der Waals surface area contributed by atoms with Crippen LogP contribution in [0.15, 0.2) is 42.7 Å². The normalized spacial score (nSPS) is 10.8. The highest BCUT2D eigenvalue weighted by molar-refractivity contribution is 6.09. The summed E-state index contributed by atoms with van der Waals surface area (Å²) >= 11 is 0. The first-order valence-electron chi connectivity index (χ1n) is 6.66. The van der Waals surface area contributed by atoms with Crippen LogP contribution in [0.2, 0.25) is 0 Å². The largest absolute Gasteiger partial charge is 0.399 e. The van der Waals surface area contributed by atoms with Gasteiger partial charge in [-0.05, 0) is 49.2 Å². The molecule has 3 rings (SSSR count). The second kappa shape index (κ2) is 4.94. The first kappa shape index (κ1) is 13.2. The Morgan fingerprint density at radius 1 is 1.24 bits per heavy atom. The number of hydrogen-bond acceptors (Lipinski definition) is 3. The van der Waals surface area contributed by atoms with Gasteiger partial charge >= 0.3 is 0 Å². The molecule has 0 saturated heterocycles. The number of pyridine rings is 1. The van der Waals surface area contributed by atoms with E-state index in [2.05, 4.69) is 10.4 Å². The summed E-state index contributed by atoms with van der Waals surface area (Å²) in [5.41, 5.74) is 10.5. The molecule has 0 aliphatic heterocycles. The molecule has 0 saturated carbocycles. The molecule has 0 spiro atoms. The van der Waals surface area contributed by atoms with Crippen LogP contribution in [0, 0.1) is 13.8 Å². The van der Waals surface area contributed by atoms with E-state index < -0.39 is 0 Å². The van der Waals surface area contributed by atoms with Crippen LogP contribution in [-0.2, 0) is 0 Å². The second-order valence-electron chi connectivity index (χ2n) is 5.07. The first-order chi connectivity index (χ1) is 10.1. The van der Waals surface area contributed by atoms with E-state index in [4.69, 9.17) is 5.73 Å². The molecule has 2 aromatic heterocycles. The van der Waals surface area contributed by atoms with Gasteiger partial charge in [-0.25, -0.2) is 4.52 Å². The number of anilines is 2. The Kier molecular flexibility index (Phi) is 3.10. The van der Waals surface area contributed by atoms with Crippen LogP contribution in [0.4, 0.5) is 11.4 Å². The second-order valence-corrected chi connectivity index (χ2v) is 5.07. The van der Waals surface area contributed by atoms with Crippen molar-refractivity contribution < 1.29 is 4.79 Å². The number of benzene rings is 1. The van der Waals surface area contributed by atoms with Crippen molar-refractivity contribution in [2.24, 2.45) is 0 Å². The number of hydrogen-bond donors (Lipinski definition) is 2. The Morgan fingerprint density at radius 2 is 2.05 bits per heavy atom. The number of nitrogens with one attached hydrogen (secondary N) is 1. The fourth-order valence-corrected chi connectivity index (χ4v) is 2.27. The summed E-state index contributed by atoms with van der Waals surface area (Å²) in [7, 11) is 0. The fourth-order valence-electron chi connectivity index (χ4n) is 2.27. The number of aromatic nitrogens is 2. The zero-order valence-corrected chi connectivity index (χ0v) is 11.9. The molecule has 106 valence electrons. The minimum atomic E-state index is -0.177. The third kappa shape index (κ3) is 2.33. The molecule has 1 aromatic carbocycles. The summed E-state index contributed by atoms with van der Waals surface area (Å²) in [5, 5.41) is 7.10. The third-order valence-corrected chi connectivity index (χ3v) is 3.53. The Bertz CT molecular complexity index is 835. The van der Waals surface area contributed by atoms with Crippen LogP contribution in [0.5, 0.6) is 0 Å². The maximum atomic E-state index is 12.4. The fraction of sp³-hybridized carbons (Fsp3) is 0.125. The number of nitrogen functional groups attached to an aromatic ring is 1. The number of carbonyl (C=O) groups is 1. The highest BCUT2D eigenvalue weighted by atomic mass is 16.1. The zero-order valence-electron chi connectivity index (χ0n) is 11.9. The van der Waals surface area contributed by atoms with Crippen molar-refractivity contribution in [3.05, 3.63) is 59.4 Å². The molecule has 0 aliphatic carbocycles. The lowest BCUT2D eigenvalue weighted by Crippen LogP contribution is -2.13. The maximum Gasteiger partial charge on any atom is 0.259 e. The zero-order chi connectivity index (χ0) is 15.0. The summed E-state index contributed by atoms with van der Waals surface area (Å²) in [5.74, 6) is -0.177. The number of amides is 1. The van der Waals surface area contributed by atoms with Crippen LogP contribution in [0.1, 0.15) is 21.5 Å². The van der Waals surface area contributed by atoms with Crippen LogP contribution in [0.25, 0.3) is 5.52 Å². The van der Waals surface area contributed by atoms with Crippen LogP contribution < -0.4 is 11.1 Å². The van der Waals surface area contributed by atoms with Crippen molar-refractivity contribution in [1.29, 1.82) is 0 Å². The lowest BCUT2D eigenvalue weighted by atomic mass is 10.1. The standard InChI is InChI=1S/C16H16N4O/c1-10-8-14(11(2)7-13(10)17)19-16(21)12-9-18-20-6-4-3-5-15(12)20/h3-9H,17H2,1-2H3,(H,19,21). The Hall–Kier alpha value is -2.82. The molecule has 0 unspecified atom stereocenters. The van der Waals surface area contributed by atoms with Gasteiger partial charge in [-0.1, -0.05) is 6.07 Å². The summed E-state index contributed by atoms with van der Waals surface area (Å²) in [6, 6.07) is 9.36. The van der Waals surface area contributed by atoms with Gasteiger partial charge in [-0.2, -0.15) is 5.10 Å².